The maximum absolute atomic E-state index is 13.7. The first-order chi connectivity index (χ1) is 9.17. The first kappa shape index (κ1) is 9.03. The van der Waals surface area contributed by atoms with Gasteiger partial charge in [0.25, 0.3) is 0 Å². The minimum absolute atomic E-state index is 0.0655. The van der Waals surface area contributed by atoms with Crippen molar-refractivity contribution >= 4 is 10.8 Å². The van der Waals surface area contributed by atoms with Crippen LogP contribution in [0.15, 0.2) is 30.3 Å². The fourth-order valence-corrected chi connectivity index (χ4v) is 1.54. The third-order valence-electron chi connectivity index (χ3n) is 2.31. The predicted octanol–water partition coefficient (Wildman–Crippen LogP) is 2.94. The van der Waals surface area contributed by atoms with Crippen molar-refractivity contribution in [3.05, 3.63) is 41.7 Å². The second kappa shape index (κ2) is 4.86. The van der Waals surface area contributed by atoms with Crippen LogP contribution in [0, 0.1) is 18.1 Å². The third kappa shape index (κ3) is 2.22. The summed E-state index contributed by atoms with van der Waals surface area (Å²) in [4.78, 5) is 0. The number of halogens is 1. The Kier molecular flexibility index (Phi) is 2.58. The number of terminal acetylenes is 1. The Morgan fingerprint density at radius 2 is 2.41 bits per heavy atom. The Labute approximate surface area is 102 Å². The molecule has 3 heteroatoms. The molecule has 2 nitrogen and oxygen atoms in total. The monoisotopic (exact) mass is 232 g/mol. The Hall–Kier alpha value is -2.05. The molecule has 0 radical (unpaired) electrons. The number of ether oxygens (including phenoxy) is 2. The van der Waals surface area contributed by atoms with E-state index in [1.54, 1.807) is 12.1 Å². The normalized spacial score (nSPS) is 11.4. The first-order valence-electron chi connectivity index (χ1n) is 5.94. The molecule has 0 bridgehead atoms. The zero-order valence-electron chi connectivity index (χ0n) is 11.2. The molecular weight excluding hydrogens is 219 g/mol. The summed E-state index contributed by atoms with van der Waals surface area (Å²) in [5.41, 5.74) is 0.0655. The molecule has 2 aromatic carbocycles. The smallest absolute Gasteiger partial charge is 0.188 e. The van der Waals surface area contributed by atoms with E-state index >= 15 is 0 Å². The first-order valence-corrected chi connectivity index (χ1v) is 4.94. The van der Waals surface area contributed by atoms with E-state index in [1.165, 1.54) is 19.2 Å². The third-order valence-corrected chi connectivity index (χ3v) is 2.31. The molecule has 0 fully saturated rings. The van der Waals surface area contributed by atoms with Gasteiger partial charge in [-0.25, -0.2) is 4.39 Å². The van der Waals surface area contributed by atoms with Crippen molar-refractivity contribution in [2.45, 2.75) is 0 Å². The SMILES string of the molecule is [2H]C#Cc1c(F)ccc2cc(OCOC)cc([2H])c12. The van der Waals surface area contributed by atoms with Gasteiger partial charge >= 0.3 is 0 Å². The molecular formula is C14H11FO2. The second-order valence-electron chi connectivity index (χ2n) is 3.40. The molecule has 86 valence electrons. The van der Waals surface area contributed by atoms with Gasteiger partial charge in [-0.05, 0) is 29.6 Å². The van der Waals surface area contributed by atoms with Gasteiger partial charge in [-0.15, -0.1) is 6.40 Å². The second-order valence-corrected chi connectivity index (χ2v) is 3.40. The van der Waals surface area contributed by atoms with Crippen molar-refractivity contribution in [2.75, 3.05) is 13.9 Å². The van der Waals surface area contributed by atoms with Crippen LogP contribution in [0.5, 0.6) is 5.75 Å². The Balaban J connectivity index is 2.64. The molecule has 0 saturated carbocycles. The van der Waals surface area contributed by atoms with Gasteiger partial charge in [0, 0.05) is 12.5 Å². The standard InChI is InChI=1S/C14H11FO2/c1-3-12-13-6-5-11(17-9-16-2)8-10(13)4-7-14(12)15/h1,4-8H,9H2,2H3/i1D,6D. The molecule has 0 unspecified atom stereocenters. The van der Waals surface area contributed by atoms with Crippen molar-refractivity contribution in [1.29, 1.82) is 0 Å². The molecule has 0 aromatic heterocycles. The molecule has 0 aliphatic heterocycles. The van der Waals surface area contributed by atoms with Crippen molar-refractivity contribution < 1.29 is 16.6 Å². The number of rotatable bonds is 3. The predicted molar refractivity (Wildman–Crippen MR) is 64.3 cm³/mol. The van der Waals surface area contributed by atoms with Crippen LogP contribution in [0.4, 0.5) is 4.39 Å². The Morgan fingerprint density at radius 3 is 3.18 bits per heavy atom. The fraction of sp³-hybridized carbons (Fsp3) is 0.143. The summed E-state index contributed by atoms with van der Waals surface area (Å²) in [6.07, 6.45) is 1.92. The average Bonchev–Trinajstić information content (AvgIpc) is 2.39. The summed E-state index contributed by atoms with van der Waals surface area (Å²) < 4.78 is 38.5. The lowest BCUT2D eigenvalue weighted by molar-refractivity contribution is 0.0512. The molecule has 0 spiro atoms. The molecule has 0 amide bonds. The number of methoxy groups -OCH3 is 1. The van der Waals surface area contributed by atoms with Crippen molar-refractivity contribution in [2.24, 2.45) is 0 Å². The van der Waals surface area contributed by atoms with E-state index in [4.69, 9.17) is 12.2 Å². The van der Waals surface area contributed by atoms with Gasteiger partial charge in [0.2, 0.25) is 0 Å². The van der Waals surface area contributed by atoms with Crippen LogP contribution in [-0.2, 0) is 4.74 Å². The van der Waals surface area contributed by atoms with Crippen LogP contribution >= 0.6 is 0 Å². The molecule has 0 aliphatic carbocycles. The van der Waals surface area contributed by atoms with Crippen LogP contribution in [0.1, 0.15) is 8.30 Å². The van der Waals surface area contributed by atoms with Gasteiger partial charge < -0.3 is 9.47 Å². The van der Waals surface area contributed by atoms with E-state index in [-0.39, 0.29) is 18.4 Å². The average molecular weight is 232 g/mol. The van der Waals surface area contributed by atoms with E-state index in [1.807, 2.05) is 6.40 Å². The summed E-state index contributed by atoms with van der Waals surface area (Å²) >= 11 is 0. The van der Waals surface area contributed by atoms with Crippen molar-refractivity contribution in [1.82, 2.24) is 0 Å². The lowest BCUT2D eigenvalue weighted by Gasteiger charge is -2.07. The molecule has 0 aliphatic rings. The van der Waals surface area contributed by atoms with Crippen LogP contribution in [0.2, 0.25) is 0 Å². The topological polar surface area (TPSA) is 18.5 Å². The fourth-order valence-electron chi connectivity index (χ4n) is 1.54. The summed E-state index contributed by atoms with van der Waals surface area (Å²) in [7, 11) is 1.50. The van der Waals surface area contributed by atoms with Crippen molar-refractivity contribution in [3.8, 4) is 18.1 Å². The van der Waals surface area contributed by atoms with Gasteiger partial charge in [0.15, 0.2) is 6.79 Å². The summed E-state index contributed by atoms with van der Waals surface area (Å²) in [5.74, 6) is 2.31. The lowest BCUT2D eigenvalue weighted by atomic mass is 10.0. The lowest BCUT2D eigenvalue weighted by Crippen LogP contribution is -1.98. The van der Waals surface area contributed by atoms with E-state index in [2.05, 4.69) is 5.92 Å². The molecule has 0 heterocycles. The molecule has 0 N–H and O–H groups in total. The van der Waals surface area contributed by atoms with Gasteiger partial charge in [-0.3, -0.25) is 0 Å². The highest BCUT2D eigenvalue weighted by atomic mass is 19.1. The van der Waals surface area contributed by atoms with Gasteiger partial charge in [-0.2, -0.15) is 0 Å². The number of hydrogen-bond acceptors (Lipinski definition) is 2. The van der Waals surface area contributed by atoms with E-state index in [9.17, 15) is 4.39 Å². The zero-order valence-corrected chi connectivity index (χ0v) is 9.21. The highest BCUT2D eigenvalue weighted by Crippen LogP contribution is 2.25. The van der Waals surface area contributed by atoms with Crippen LogP contribution in [0.3, 0.4) is 0 Å². The summed E-state index contributed by atoms with van der Waals surface area (Å²) in [5, 5.41) is 1.02. The highest BCUT2D eigenvalue weighted by Gasteiger charge is 2.06. The molecule has 2 aromatic rings. The maximum atomic E-state index is 13.7. The van der Waals surface area contributed by atoms with E-state index < -0.39 is 5.82 Å². The summed E-state index contributed by atoms with van der Waals surface area (Å²) in [6.45, 7) is 0.0749. The largest absolute Gasteiger partial charge is 0.468 e. The number of fused-ring (bicyclic) bond motifs is 1. The molecule has 2 rings (SSSR count). The molecule has 0 saturated heterocycles. The Morgan fingerprint density at radius 1 is 1.53 bits per heavy atom. The Bertz CT molecular complexity index is 674. The van der Waals surface area contributed by atoms with E-state index in [0.29, 0.717) is 16.5 Å². The minimum atomic E-state index is -0.536. The van der Waals surface area contributed by atoms with E-state index in [0.717, 1.165) is 0 Å². The van der Waals surface area contributed by atoms with Gasteiger partial charge in [-0.1, -0.05) is 12.0 Å². The number of hydrogen-bond donors (Lipinski definition) is 0. The van der Waals surface area contributed by atoms with Crippen molar-refractivity contribution in [3.63, 3.8) is 0 Å². The maximum Gasteiger partial charge on any atom is 0.188 e. The molecule has 0 atom stereocenters. The van der Waals surface area contributed by atoms with Crippen LogP contribution < -0.4 is 4.74 Å². The number of benzene rings is 2. The van der Waals surface area contributed by atoms with Gasteiger partial charge in [0.1, 0.15) is 12.9 Å². The van der Waals surface area contributed by atoms with Gasteiger partial charge in [0.05, 0.1) is 6.93 Å². The zero-order chi connectivity index (χ0) is 13.8. The summed E-state index contributed by atoms with van der Waals surface area (Å²) in [6, 6.07) is 6.07. The quantitative estimate of drug-likeness (QED) is 0.598. The minimum Gasteiger partial charge on any atom is -0.468 e. The molecule has 17 heavy (non-hydrogen) atoms. The van der Waals surface area contributed by atoms with Crippen LogP contribution in [0.25, 0.3) is 10.8 Å². The van der Waals surface area contributed by atoms with Crippen LogP contribution in [-0.4, -0.2) is 13.9 Å². The highest BCUT2D eigenvalue weighted by molar-refractivity contribution is 5.89.